The van der Waals surface area contributed by atoms with Crippen LogP contribution in [0.5, 0.6) is 0 Å². The average molecular weight is 316 g/mol. The maximum Gasteiger partial charge on any atom is 0.111 e. The van der Waals surface area contributed by atoms with Crippen LogP contribution in [0.1, 0.15) is 11.4 Å². The normalized spacial score (nSPS) is 11.1. The standard InChI is InChI=1S/C15H14BrN3/c1-9-3-4-11(16)7-15(9)19-10(2)18-13-8-12(17)5-6-14(13)19/h3-8H,17H2,1-2H3. The van der Waals surface area contributed by atoms with E-state index in [-0.39, 0.29) is 0 Å². The monoisotopic (exact) mass is 315 g/mol. The third-order valence-corrected chi connectivity index (χ3v) is 3.75. The molecule has 96 valence electrons. The van der Waals surface area contributed by atoms with Crippen LogP contribution in [0, 0.1) is 13.8 Å². The average Bonchev–Trinajstić information content (AvgIpc) is 2.67. The molecule has 0 aliphatic rings. The van der Waals surface area contributed by atoms with Crippen molar-refractivity contribution >= 4 is 32.7 Å². The van der Waals surface area contributed by atoms with Gasteiger partial charge in [0.1, 0.15) is 5.82 Å². The number of rotatable bonds is 1. The first kappa shape index (κ1) is 12.2. The second-order valence-corrected chi connectivity index (χ2v) is 5.59. The number of aromatic nitrogens is 2. The van der Waals surface area contributed by atoms with Gasteiger partial charge in [-0.25, -0.2) is 4.98 Å². The zero-order chi connectivity index (χ0) is 13.6. The molecule has 2 N–H and O–H groups in total. The van der Waals surface area contributed by atoms with Crippen molar-refractivity contribution in [2.24, 2.45) is 0 Å². The van der Waals surface area contributed by atoms with Crippen molar-refractivity contribution in [3.63, 3.8) is 0 Å². The van der Waals surface area contributed by atoms with Gasteiger partial charge in [-0.3, -0.25) is 4.57 Å². The highest BCUT2D eigenvalue weighted by atomic mass is 79.9. The molecule has 0 saturated heterocycles. The lowest BCUT2D eigenvalue weighted by Gasteiger charge is -2.11. The summed E-state index contributed by atoms with van der Waals surface area (Å²) in [5.41, 5.74) is 10.9. The van der Waals surface area contributed by atoms with Crippen molar-refractivity contribution < 1.29 is 0 Å². The largest absolute Gasteiger partial charge is 0.399 e. The molecule has 0 aliphatic heterocycles. The van der Waals surface area contributed by atoms with E-state index in [0.717, 1.165) is 32.7 Å². The van der Waals surface area contributed by atoms with E-state index in [9.17, 15) is 0 Å². The second-order valence-electron chi connectivity index (χ2n) is 4.67. The van der Waals surface area contributed by atoms with E-state index in [1.54, 1.807) is 0 Å². The molecule has 3 rings (SSSR count). The van der Waals surface area contributed by atoms with Crippen molar-refractivity contribution in [1.82, 2.24) is 9.55 Å². The quantitative estimate of drug-likeness (QED) is 0.690. The molecule has 0 radical (unpaired) electrons. The van der Waals surface area contributed by atoms with Crippen molar-refractivity contribution in [2.75, 3.05) is 5.73 Å². The molecule has 0 spiro atoms. The van der Waals surface area contributed by atoms with Crippen LogP contribution in [0.2, 0.25) is 0 Å². The first-order valence-corrected chi connectivity index (χ1v) is 6.86. The van der Waals surface area contributed by atoms with Gasteiger partial charge < -0.3 is 5.73 Å². The number of nitrogen functional groups attached to an aromatic ring is 1. The minimum atomic E-state index is 0.739. The summed E-state index contributed by atoms with van der Waals surface area (Å²) in [5.74, 6) is 0.960. The van der Waals surface area contributed by atoms with E-state index >= 15 is 0 Å². The van der Waals surface area contributed by atoms with E-state index in [4.69, 9.17) is 5.73 Å². The molecule has 1 aromatic heterocycles. The first-order chi connectivity index (χ1) is 9.06. The van der Waals surface area contributed by atoms with Gasteiger partial charge in [0.2, 0.25) is 0 Å². The van der Waals surface area contributed by atoms with Gasteiger partial charge in [-0.15, -0.1) is 0 Å². The van der Waals surface area contributed by atoms with E-state index in [1.165, 1.54) is 5.56 Å². The summed E-state index contributed by atoms with van der Waals surface area (Å²) in [5, 5.41) is 0. The molecule has 0 aliphatic carbocycles. The molecule has 0 fully saturated rings. The molecular formula is C15H14BrN3. The Labute approximate surface area is 120 Å². The molecule has 19 heavy (non-hydrogen) atoms. The summed E-state index contributed by atoms with van der Waals surface area (Å²) >= 11 is 3.53. The van der Waals surface area contributed by atoms with E-state index in [0.29, 0.717) is 0 Å². The Balaban J connectivity index is 2.36. The number of benzene rings is 2. The molecule has 0 bridgehead atoms. The van der Waals surface area contributed by atoms with Gasteiger partial charge in [0.15, 0.2) is 0 Å². The van der Waals surface area contributed by atoms with Crippen LogP contribution in [0.3, 0.4) is 0 Å². The molecule has 3 nitrogen and oxygen atoms in total. The number of imidazole rings is 1. The van der Waals surface area contributed by atoms with E-state index < -0.39 is 0 Å². The number of nitrogens with zero attached hydrogens (tertiary/aromatic N) is 2. The zero-order valence-corrected chi connectivity index (χ0v) is 12.4. The Hall–Kier alpha value is -1.81. The molecule has 0 unspecified atom stereocenters. The predicted octanol–water partition coefficient (Wildman–Crippen LogP) is 3.99. The highest BCUT2D eigenvalue weighted by Gasteiger charge is 2.11. The number of fused-ring (bicyclic) bond motifs is 1. The third kappa shape index (κ3) is 2.02. The van der Waals surface area contributed by atoms with Gasteiger partial charge in [-0.05, 0) is 49.7 Å². The van der Waals surface area contributed by atoms with Gasteiger partial charge in [-0.2, -0.15) is 0 Å². The molecule has 2 aromatic carbocycles. The van der Waals surface area contributed by atoms with Crippen LogP contribution in [-0.2, 0) is 0 Å². The third-order valence-electron chi connectivity index (χ3n) is 3.26. The van der Waals surface area contributed by atoms with Crippen molar-refractivity contribution in [3.05, 3.63) is 52.3 Å². The fraction of sp³-hybridized carbons (Fsp3) is 0.133. The van der Waals surface area contributed by atoms with Gasteiger partial charge in [0, 0.05) is 10.2 Å². The summed E-state index contributed by atoms with van der Waals surface area (Å²) in [6.07, 6.45) is 0. The lowest BCUT2D eigenvalue weighted by molar-refractivity contribution is 0.989. The summed E-state index contributed by atoms with van der Waals surface area (Å²) in [4.78, 5) is 4.59. The second kappa shape index (κ2) is 4.38. The van der Waals surface area contributed by atoms with Crippen molar-refractivity contribution in [1.29, 1.82) is 0 Å². The molecule has 0 saturated carbocycles. The van der Waals surface area contributed by atoms with Gasteiger partial charge in [-0.1, -0.05) is 22.0 Å². The Bertz CT molecular complexity index is 774. The highest BCUT2D eigenvalue weighted by molar-refractivity contribution is 9.10. The maximum absolute atomic E-state index is 5.82. The lowest BCUT2D eigenvalue weighted by atomic mass is 10.2. The summed E-state index contributed by atoms with van der Waals surface area (Å²) < 4.78 is 3.22. The first-order valence-electron chi connectivity index (χ1n) is 6.07. The Morgan fingerprint density at radius 3 is 2.68 bits per heavy atom. The van der Waals surface area contributed by atoms with E-state index in [2.05, 4.69) is 44.5 Å². The van der Waals surface area contributed by atoms with E-state index in [1.807, 2.05) is 31.2 Å². The lowest BCUT2D eigenvalue weighted by Crippen LogP contribution is -1.99. The Morgan fingerprint density at radius 2 is 1.89 bits per heavy atom. The molecule has 4 heteroatoms. The van der Waals surface area contributed by atoms with Gasteiger partial charge in [0.25, 0.3) is 0 Å². The molecule has 0 amide bonds. The van der Waals surface area contributed by atoms with Crippen LogP contribution < -0.4 is 5.73 Å². The highest BCUT2D eigenvalue weighted by Crippen LogP contribution is 2.27. The smallest absolute Gasteiger partial charge is 0.111 e. The van der Waals surface area contributed by atoms with Crippen LogP contribution in [0.25, 0.3) is 16.7 Å². The SMILES string of the molecule is Cc1ccc(Br)cc1-n1c(C)nc2cc(N)ccc21. The number of hydrogen-bond donors (Lipinski definition) is 1. The Kier molecular flexibility index (Phi) is 2.82. The minimum absolute atomic E-state index is 0.739. The predicted molar refractivity (Wildman–Crippen MR) is 82.7 cm³/mol. The van der Waals surface area contributed by atoms with Crippen molar-refractivity contribution in [3.8, 4) is 5.69 Å². The number of nitrogens with two attached hydrogens (primary N) is 1. The topological polar surface area (TPSA) is 43.8 Å². The summed E-state index contributed by atoms with van der Waals surface area (Å²) in [6, 6.07) is 12.1. The fourth-order valence-corrected chi connectivity index (χ4v) is 2.69. The van der Waals surface area contributed by atoms with Crippen LogP contribution in [0.15, 0.2) is 40.9 Å². The van der Waals surface area contributed by atoms with Crippen LogP contribution >= 0.6 is 15.9 Å². The minimum Gasteiger partial charge on any atom is -0.399 e. The van der Waals surface area contributed by atoms with Crippen molar-refractivity contribution in [2.45, 2.75) is 13.8 Å². The van der Waals surface area contributed by atoms with Crippen LogP contribution in [-0.4, -0.2) is 9.55 Å². The van der Waals surface area contributed by atoms with Crippen LogP contribution in [0.4, 0.5) is 5.69 Å². The summed E-state index contributed by atoms with van der Waals surface area (Å²) in [6.45, 7) is 4.11. The van der Waals surface area contributed by atoms with Gasteiger partial charge >= 0.3 is 0 Å². The molecule has 1 heterocycles. The zero-order valence-electron chi connectivity index (χ0n) is 10.8. The number of aryl methyl sites for hydroxylation is 2. The summed E-state index contributed by atoms with van der Waals surface area (Å²) in [7, 11) is 0. The number of halogens is 1. The Morgan fingerprint density at radius 1 is 1.11 bits per heavy atom. The van der Waals surface area contributed by atoms with Gasteiger partial charge in [0.05, 0.1) is 16.7 Å². The maximum atomic E-state index is 5.82. The number of hydrogen-bond acceptors (Lipinski definition) is 2. The molecule has 0 atom stereocenters. The molecule has 3 aromatic rings. The molecular weight excluding hydrogens is 302 g/mol. The fourth-order valence-electron chi connectivity index (χ4n) is 2.35. The number of anilines is 1.